The average molecular weight is 440 g/mol. The van der Waals surface area contributed by atoms with Crippen molar-refractivity contribution in [3.05, 3.63) is 35.4 Å². The molecule has 0 saturated carbocycles. The third-order valence-electron chi connectivity index (χ3n) is 5.44. The largest absolute Gasteiger partial charge is 0.493 e. The molecule has 4 rings (SSSR count). The van der Waals surface area contributed by atoms with E-state index < -0.39 is 24.0 Å². The lowest BCUT2D eigenvalue weighted by Crippen LogP contribution is -2.36. The van der Waals surface area contributed by atoms with Crippen LogP contribution in [0.2, 0.25) is 0 Å². The van der Waals surface area contributed by atoms with Crippen molar-refractivity contribution in [1.29, 1.82) is 0 Å². The van der Waals surface area contributed by atoms with Gasteiger partial charge in [0, 0.05) is 18.7 Å². The minimum absolute atomic E-state index is 0.00659. The van der Waals surface area contributed by atoms with E-state index in [1.165, 1.54) is 38.4 Å². The van der Waals surface area contributed by atoms with Crippen molar-refractivity contribution in [3.8, 4) is 23.0 Å². The first-order valence-corrected chi connectivity index (χ1v) is 9.58. The molecule has 0 N–H and O–H groups in total. The summed E-state index contributed by atoms with van der Waals surface area (Å²) in [5.41, 5.74) is 0.906. The summed E-state index contributed by atoms with van der Waals surface area (Å²) in [6.07, 6.45) is 0. The van der Waals surface area contributed by atoms with Gasteiger partial charge in [-0.05, 0) is 18.2 Å². The minimum Gasteiger partial charge on any atom is -0.493 e. The third kappa shape index (κ3) is 3.11. The Bertz CT molecular complexity index is 1170. The number of amides is 2. The number of benzene rings is 2. The Morgan fingerprint density at radius 3 is 2.38 bits per heavy atom. The van der Waals surface area contributed by atoms with Crippen LogP contribution in [-0.4, -0.2) is 64.9 Å². The van der Waals surface area contributed by atoms with Gasteiger partial charge in [0.05, 0.1) is 44.8 Å². The summed E-state index contributed by atoms with van der Waals surface area (Å²) in [4.78, 5) is 52.9. The second kappa shape index (κ2) is 7.88. The number of carbonyl (C=O) groups is 4. The SMILES string of the molecule is COc1cc2c(c(OC)c1OC)C(=O)C(=O)N2CC(=O)c1ccc2c(c1)N(C)C(=O)CO2. The number of fused-ring (bicyclic) bond motifs is 2. The van der Waals surface area contributed by atoms with Gasteiger partial charge in [-0.3, -0.25) is 24.1 Å². The van der Waals surface area contributed by atoms with Crippen LogP contribution in [0.1, 0.15) is 20.7 Å². The number of rotatable bonds is 6. The van der Waals surface area contributed by atoms with Crippen LogP contribution in [0.5, 0.6) is 23.0 Å². The molecule has 2 aromatic rings. The fourth-order valence-electron chi connectivity index (χ4n) is 3.75. The summed E-state index contributed by atoms with van der Waals surface area (Å²) >= 11 is 0. The van der Waals surface area contributed by atoms with Crippen LogP contribution < -0.4 is 28.7 Å². The number of likely N-dealkylation sites (N-methyl/N-ethyl adjacent to an activating group) is 1. The van der Waals surface area contributed by atoms with E-state index in [4.69, 9.17) is 18.9 Å². The van der Waals surface area contributed by atoms with Crippen LogP contribution >= 0.6 is 0 Å². The topological polar surface area (TPSA) is 112 Å². The van der Waals surface area contributed by atoms with Gasteiger partial charge >= 0.3 is 0 Å². The molecule has 0 fully saturated rings. The number of methoxy groups -OCH3 is 3. The van der Waals surface area contributed by atoms with Crippen LogP contribution in [0.15, 0.2) is 24.3 Å². The van der Waals surface area contributed by atoms with Crippen molar-refractivity contribution in [3.63, 3.8) is 0 Å². The van der Waals surface area contributed by atoms with E-state index in [9.17, 15) is 19.2 Å². The van der Waals surface area contributed by atoms with Gasteiger partial charge in [-0.25, -0.2) is 0 Å². The van der Waals surface area contributed by atoms with Crippen LogP contribution in [0, 0.1) is 0 Å². The van der Waals surface area contributed by atoms with E-state index in [0.29, 0.717) is 11.4 Å². The van der Waals surface area contributed by atoms with Crippen molar-refractivity contribution < 1.29 is 38.1 Å². The Morgan fingerprint density at radius 2 is 1.72 bits per heavy atom. The quantitative estimate of drug-likeness (QED) is 0.491. The van der Waals surface area contributed by atoms with E-state index in [0.717, 1.165) is 4.90 Å². The zero-order valence-electron chi connectivity index (χ0n) is 17.9. The summed E-state index contributed by atoms with van der Waals surface area (Å²) in [6, 6.07) is 6.11. The van der Waals surface area contributed by atoms with Crippen LogP contribution in [0.25, 0.3) is 0 Å². The molecule has 10 heteroatoms. The molecule has 0 unspecified atom stereocenters. The average Bonchev–Trinajstić information content (AvgIpc) is 3.04. The molecule has 0 radical (unpaired) electrons. The van der Waals surface area contributed by atoms with Crippen molar-refractivity contribution in [2.75, 3.05) is 51.3 Å². The van der Waals surface area contributed by atoms with Gasteiger partial charge in [-0.15, -0.1) is 0 Å². The highest BCUT2D eigenvalue weighted by Crippen LogP contribution is 2.48. The fraction of sp³-hybridized carbons (Fsp3) is 0.273. The molecule has 10 nitrogen and oxygen atoms in total. The number of nitrogens with zero attached hydrogens (tertiary/aromatic N) is 2. The summed E-state index contributed by atoms with van der Waals surface area (Å²) in [5.74, 6) is -1.40. The summed E-state index contributed by atoms with van der Waals surface area (Å²) in [7, 11) is 5.72. The lowest BCUT2D eigenvalue weighted by molar-refractivity contribution is -0.121. The van der Waals surface area contributed by atoms with Crippen LogP contribution in [0.4, 0.5) is 11.4 Å². The lowest BCUT2D eigenvalue weighted by atomic mass is 10.1. The van der Waals surface area contributed by atoms with Gasteiger partial charge in [-0.2, -0.15) is 0 Å². The van der Waals surface area contributed by atoms with Gasteiger partial charge < -0.3 is 23.8 Å². The number of hydrogen-bond acceptors (Lipinski definition) is 8. The maximum absolute atomic E-state index is 13.0. The third-order valence-corrected chi connectivity index (χ3v) is 5.44. The Kier molecular flexibility index (Phi) is 5.21. The second-order valence-corrected chi connectivity index (χ2v) is 7.11. The number of ether oxygens (including phenoxy) is 4. The molecular formula is C22H20N2O8. The summed E-state index contributed by atoms with van der Waals surface area (Å²) in [6.45, 7) is -0.474. The van der Waals surface area contributed by atoms with E-state index in [2.05, 4.69) is 0 Å². The predicted molar refractivity (Wildman–Crippen MR) is 112 cm³/mol. The molecule has 0 aliphatic carbocycles. The molecule has 32 heavy (non-hydrogen) atoms. The van der Waals surface area contributed by atoms with E-state index in [-0.39, 0.29) is 46.6 Å². The monoisotopic (exact) mass is 440 g/mol. The van der Waals surface area contributed by atoms with Crippen molar-refractivity contribution in [2.24, 2.45) is 0 Å². The number of carbonyl (C=O) groups excluding carboxylic acids is 4. The number of Topliss-reactive ketones (excluding diaryl/α,β-unsaturated/α-hetero) is 2. The molecule has 166 valence electrons. The molecule has 0 spiro atoms. The Hall–Kier alpha value is -4.08. The molecule has 2 aliphatic heterocycles. The molecule has 0 atom stereocenters. The van der Waals surface area contributed by atoms with Gasteiger partial charge in [-0.1, -0.05) is 0 Å². The Balaban J connectivity index is 1.71. The summed E-state index contributed by atoms with van der Waals surface area (Å²) in [5, 5.41) is 0. The number of anilines is 2. The van der Waals surface area contributed by atoms with E-state index >= 15 is 0 Å². The summed E-state index contributed by atoms with van der Waals surface area (Å²) < 4.78 is 21.3. The first-order valence-electron chi connectivity index (χ1n) is 9.58. The molecule has 2 aromatic carbocycles. The van der Waals surface area contributed by atoms with Crippen molar-refractivity contribution >= 4 is 34.8 Å². The number of hydrogen-bond donors (Lipinski definition) is 0. The second-order valence-electron chi connectivity index (χ2n) is 7.11. The molecule has 2 amide bonds. The predicted octanol–water partition coefficient (Wildman–Crippen LogP) is 1.48. The highest BCUT2D eigenvalue weighted by atomic mass is 16.5. The van der Waals surface area contributed by atoms with Gasteiger partial charge in [0.15, 0.2) is 23.9 Å². The zero-order valence-corrected chi connectivity index (χ0v) is 17.9. The lowest BCUT2D eigenvalue weighted by Gasteiger charge is -2.26. The van der Waals surface area contributed by atoms with E-state index in [1.54, 1.807) is 19.2 Å². The Morgan fingerprint density at radius 1 is 1.00 bits per heavy atom. The smallest absolute Gasteiger partial charge is 0.300 e. The van der Waals surface area contributed by atoms with Gasteiger partial charge in [0.2, 0.25) is 5.75 Å². The Labute approximate surface area is 183 Å². The van der Waals surface area contributed by atoms with Crippen molar-refractivity contribution in [2.45, 2.75) is 0 Å². The van der Waals surface area contributed by atoms with Gasteiger partial charge in [0.1, 0.15) is 5.75 Å². The van der Waals surface area contributed by atoms with Gasteiger partial charge in [0.25, 0.3) is 17.6 Å². The fourth-order valence-corrected chi connectivity index (χ4v) is 3.75. The molecular weight excluding hydrogens is 420 g/mol. The van der Waals surface area contributed by atoms with Crippen LogP contribution in [-0.2, 0) is 9.59 Å². The van der Waals surface area contributed by atoms with Crippen molar-refractivity contribution in [1.82, 2.24) is 0 Å². The molecule has 0 aromatic heterocycles. The number of ketones is 2. The first-order chi connectivity index (χ1) is 15.3. The normalized spacial score (nSPS) is 14.7. The molecule has 0 saturated heterocycles. The van der Waals surface area contributed by atoms with Crippen LogP contribution in [0.3, 0.4) is 0 Å². The maximum atomic E-state index is 13.0. The molecule has 2 aliphatic rings. The standard InChI is InChI=1S/C22H20N2O8/c1-23-12-7-11(5-6-15(12)32-10-17(23)26)14(25)9-24-13-8-16(29-2)20(30-3)21(31-4)18(13)19(27)22(24)28/h5-8H,9-10H2,1-4H3. The minimum atomic E-state index is -0.865. The van der Waals surface area contributed by atoms with E-state index in [1.807, 2.05) is 0 Å². The highest BCUT2D eigenvalue weighted by Gasteiger charge is 2.42. The maximum Gasteiger partial charge on any atom is 0.300 e. The zero-order chi connectivity index (χ0) is 23.2. The molecule has 2 heterocycles. The highest BCUT2D eigenvalue weighted by molar-refractivity contribution is 6.53. The molecule has 0 bridgehead atoms. The first kappa shape index (κ1) is 21.2.